The van der Waals surface area contributed by atoms with Crippen LogP contribution in [0.5, 0.6) is 11.5 Å². The number of furan rings is 1. The van der Waals surface area contributed by atoms with Gasteiger partial charge in [-0.3, -0.25) is 9.79 Å². The van der Waals surface area contributed by atoms with Crippen LogP contribution in [0.3, 0.4) is 0 Å². The molecule has 0 atom stereocenters. The minimum atomic E-state index is -0.290. The van der Waals surface area contributed by atoms with Gasteiger partial charge in [0.05, 0.1) is 19.5 Å². The molecule has 0 saturated heterocycles. The summed E-state index contributed by atoms with van der Waals surface area (Å²) in [7, 11) is 1.71. The van der Waals surface area contributed by atoms with Crippen molar-refractivity contribution >= 4 is 23.2 Å². The normalized spacial score (nSPS) is 13.3. The van der Waals surface area contributed by atoms with E-state index >= 15 is 0 Å². The zero-order valence-corrected chi connectivity index (χ0v) is 17.2. The van der Waals surface area contributed by atoms with Gasteiger partial charge in [-0.05, 0) is 42.0 Å². The number of anilines is 2. The SMILES string of the molecule is CN=C(NCc1cccc(NC(=O)c2ccco2)c1)Nc1ccc2c(c1)OCCCO2. The van der Waals surface area contributed by atoms with E-state index in [2.05, 4.69) is 20.9 Å². The molecule has 0 bridgehead atoms. The summed E-state index contributed by atoms with van der Waals surface area (Å²) >= 11 is 0. The highest BCUT2D eigenvalue weighted by Gasteiger charge is 2.12. The zero-order valence-electron chi connectivity index (χ0n) is 17.2. The molecular formula is C23H24N4O4. The van der Waals surface area contributed by atoms with Crippen molar-refractivity contribution in [2.75, 3.05) is 30.9 Å². The van der Waals surface area contributed by atoms with E-state index in [0.717, 1.165) is 29.2 Å². The number of carbonyl (C=O) groups is 1. The summed E-state index contributed by atoms with van der Waals surface area (Å²) in [6, 6.07) is 16.6. The first-order valence-electron chi connectivity index (χ1n) is 10.0. The Balaban J connectivity index is 1.36. The number of hydrogen-bond acceptors (Lipinski definition) is 5. The lowest BCUT2D eigenvalue weighted by molar-refractivity contribution is 0.0996. The van der Waals surface area contributed by atoms with E-state index in [-0.39, 0.29) is 11.7 Å². The monoisotopic (exact) mass is 420 g/mol. The fourth-order valence-electron chi connectivity index (χ4n) is 3.10. The van der Waals surface area contributed by atoms with Crippen LogP contribution < -0.4 is 25.4 Å². The van der Waals surface area contributed by atoms with Crippen molar-refractivity contribution in [2.24, 2.45) is 4.99 Å². The van der Waals surface area contributed by atoms with E-state index in [1.165, 1.54) is 6.26 Å². The van der Waals surface area contributed by atoms with Crippen LogP contribution in [0.25, 0.3) is 0 Å². The number of nitrogens with zero attached hydrogens (tertiary/aromatic N) is 1. The average Bonchev–Trinajstić information content (AvgIpc) is 3.23. The summed E-state index contributed by atoms with van der Waals surface area (Å²) in [4.78, 5) is 16.4. The van der Waals surface area contributed by atoms with Gasteiger partial charge in [0.2, 0.25) is 0 Å². The molecule has 2 heterocycles. The Morgan fingerprint density at radius 2 is 1.81 bits per heavy atom. The number of aliphatic imine (C=N–C) groups is 1. The van der Waals surface area contributed by atoms with Gasteiger partial charge in [-0.25, -0.2) is 0 Å². The van der Waals surface area contributed by atoms with Gasteiger partial charge in [0.15, 0.2) is 23.2 Å². The van der Waals surface area contributed by atoms with Crippen LogP contribution in [-0.4, -0.2) is 32.1 Å². The van der Waals surface area contributed by atoms with E-state index in [4.69, 9.17) is 13.9 Å². The molecule has 3 aromatic rings. The van der Waals surface area contributed by atoms with Crippen molar-refractivity contribution in [2.45, 2.75) is 13.0 Å². The summed E-state index contributed by atoms with van der Waals surface area (Å²) in [5.41, 5.74) is 2.52. The number of amides is 1. The molecule has 1 amide bonds. The maximum atomic E-state index is 12.2. The maximum Gasteiger partial charge on any atom is 0.291 e. The zero-order chi connectivity index (χ0) is 21.5. The molecule has 8 heteroatoms. The molecule has 0 radical (unpaired) electrons. The highest BCUT2D eigenvalue weighted by atomic mass is 16.5. The molecule has 8 nitrogen and oxygen atoms in total. The highest BCUT2D eigenvalue weighted by Crippen LogP contribution is 2.32. The maximum absolute atomic E-state index is 12.2. The summed E-state index contributed by atoms with van der Waals surface area (Å²) < 4.78 is 16.5. The summed E-state index contributed by atoms with van der Waals surface area (Å²) in [6.45, 7) is 1.81. The quantitative estimate of drug-likeness (QED) is 0.428. The number of rotatable bonds is 5. The number of fused-ring (bicyclic) bond motifs is 1. The van der Waals surface area contributed by atoms with Crippen molar-refractivity contribution in [3.63, 3.8) is 0 Å². The minimum absolute atomic E-state index is 0.267. The third-order valence-electron chi connectivity index (χ3n) is 4.62. The van der Waals surface area contributed by atoms with E-state index in [1.807, 2.05) is 42.5 Å². The van der Waals surface area contributed by atoms with E-state index < -0.39 is 0 Å². The van der Waals surface area contributed by atoms with Crippen LogP contribution in [0.2, 0.25) is 0 Å². The van der Waals surface area contributed by atoms with Gasteiger partial charge in [0.1, 0.15) is 0 Å². The molecule has 2 aromatic carbocycles. The molecule has 31 heavy (non-hydrogen) atoms. The number of guanidine groups is 1. The van der Waals surface area contributed by atoms with E-state index in [0.29, 0.717) is 31.4 Å². The van der Waals surface area contributed by atoms with Gasteiger partial charge in [-0.2, -0.15) is 0 Å². The Bertz CT molecular complexity index is 1060. The number of nitrogens with one attached hydrogen (secondary N) is 3. The molecule has 0 spiro atoms. The molecule has 3 N–H and O–H groups in total. The molecule has 0 fully saturated rings. The van der Waals surface area contributed by atoms with Crippen LogP contribution in [0.4, 0.5) is 11.4 Å². The number of carbonyl (C=O) groups excluding carboxylic acids is 1. The van der Waals surface area contributed by atoms with Gasteiger partial charge >= 0.3 is 0 Å². The third-order valence-corrected chi connectivity index (χ3v) is 4.62. The minimum Gasteiger partial charge on any atom is -0.490 e. The number of hydrogen-bond donors (Lipinski definition) is 3. The van der Waals surface area contributed by atoms with Gasteiger partial charge in [-0.1, -0.05) is 12.1 Å². The van der Waals surface area contributed by atoms with Crippen molar-refractivity contribution in [3.8, 4) is 11.5 Å². The van der Waals surface area contributed by atoms with E-state index in [1.54, 1.807) is 19.2 Å². The van der Waals surface area contributed by atoms with Crippen molar-refractivity contribution in [1.29, 1.82) is 0 Å². The summed E-state index contributed by atoms with van der Waals surface area (Å²) in [5.74, 6) is 2.06. The van der Waals surface area contributed by atoms with Crippen molar-refractivity contribution in [1.82, 2.24) is 5.32 Å². The first kappa shape index (κ1) is 20.3. The topological polar surface area (TPSA) is 97.1 Å². The standard InChI is InChI=1S/C23H24N4O4/c1-24-23(27-18-8-9-19-21(14-18)31-12-4-11-29-19)25-15-16-5-2-6-17(13-16)26-22(28)20-7-3-10-30-20/h2-3,5-10,13-14H,4,11-12,15H2,1H3,(H,26,28)(H2,24,25,27). The third kappa shape index (κ3) is 5.36. The van der Waals surface area contributed by atoms with Crippen LogP contribution >= 0.6 is 0 Å². The van der Waals surface area contributed by atoms with Crippen LogP contribution in [0.15, 0.2) is 70.3 Å². The average molecular weight is 420 g/mol. The second kappa shape index (κ2) is 9.71. The molecule has 160 valence electrons. The van der Waals surface area contributed by atoms with Crippen LogP contribution in [0.1, 0.15) is 22.5 Å². The Morgan fingerprint density at radius 1 is 0.968 bits per heavy atom. The van der Waals surface area contributed by atoms with Gasteiger partial charge < -0.3 is 29.8 Å². The van der Waals surface area contributed by atoms with E-state index in [9.17, 15) is 4.79 Å². The first-order valence-corrected chi connectivity index (χ1v) is 10.0. The van der Waals surface area contributed by atoms with Gasteiger partial charge in [-0.15, -0.1) is 0 Å². The fourth-order valence-corrected chi connectivity index (χ4v) is 3.10. The molecule has 1 aromatic heterocycles. The lowest BCUT2D eigenvalue weighted by Crippen LogP contribution is -2.30. The first-order chi connectivity index (χ1) is 15.2. The Kier molecular flexibility index (Phi) is 6.37. The highest BCUT2D eigenvalue weighted by molar-refractivity contribution is 6.02. The molecular weight excluding hydrogens is 396 g/mol. The summed E-state index contributed by atoms with van der Waals surface area (Å²) in [5, 5.41) is 9.35. The molecule has 1 aliphatic rings. The van der Waals surface area contributed by atoms with Crippen LogP contribution in [0, 0.1) is 0 Å². The Morgan fingerprint density at radius 3 is 2.61 bits per heavy atom. The Labute approximate surface area is 180 Å². The van der Waals surface area contributed by atoms with Crippen molar-refractivity contribution in [3.05, 3.63) is 72.2 Å². The molecule has 0 aliphatic carbocycles. The number of benzene rings is 2. The van der Waals surface area contributed by atoms with Gasteiger partial charge in [0.25, 0.3) is 5.91 Å². The second-order valence-electron chi connectivity index (χ2n) is 6.89. The fraction of sp³-hybridized carbons (Fsp3) is 0.217. The second-order valence-corrected chi connectivity index (χ2v) is 6.89. The van der Waals surface area contributed by atoms with Crippen molar-refractivity contribution < 1.29 is 18.7 Å². The molecule has 1 aliphatic heterocycles. The predicted octanol–water partition coefficient (Wildman–Crippen LogP) is 3.88. The largest absolute Gasteiger partial charge is 0.490 e. The Hall–Kier alpha value is -3.94. The smallest absolute Gasteiger partial charge is 0.291 e. The molecule has 4 rings (SSSR count). The predicted molar refractivity (Wildman–Crippen MR) is 119 cm³/mol. The van der Waals surface area contributed by atoms with Crippen LogP contribution in [-0.2, 0) is 6.54 Å². The molecule has 0 saturated carbocycles. The van der Waals surface area contributed by atoms with Gasteiger partial charge in [0, 0.05) is 37.5 Å². The number of ether oxygens (including phenoxy) is 2. The summed E-state index contributed by atoms with van der Waals surface area (Å²) in [6.07, 6.45) is 2.33. The molecule has 0 unspecified atom stereocenters. The lowest BCUT2D eigenvalue weighted by atomic mass is 10.2. The lowest BCUT2D eigenvalue weighted by Gasteiger charge is -2.14.